The molecule has 1 atom stereocenters. The lowest BCUT2D eigenvalue weighted by Crippen LogP contribution is -2.01. The molecule has 0 saturated heterocycles. The molecule has 3 nitrogen and oxygen atoms in total. The summed E-state index contributed by atoms with van der Waals surface area (Å²) < 4.78 is 5.47. The molecule has 0 radical (unpaired) electrons. The Morgan fingerprint density at radius 1 is 1.27 bits per heavy atom. The average Bonchev–Trinajstić information content (AvgIpc) is 2.99. The molecule has 5 heteroatoms. The van der Waals surface area contributed by atoms with Crippen LogP contribution in [0.15, 0.2) is 54.5 Å². The van der Waals surface area contributed by atoms with Crippen LogP contribution in [0, 0.1) is 5.92 Å². The number of allylic oxidation sites excluding steroid dienone is 4. The minimum absolute atomic E-state index is 0.248. The number of H-pyrrole nitrogens is 1. The number of hydrogen-bond acceptors (Lipinski definition) is 2. The molecule has 1 heterocycles. The Bertz CT molecular complexity index is 806. The van der Waals surface area contributed by atoms with Crippen molar-refractivity contribution in [2.24, 2.45) is 5.92 Å². The fourth-order valence-electron chi connectivity index (χ4n) is 2.68. The van der Waals surface area contributed by atoms with E-state index in [-0.39, 0.29) is 5.92 Å². The van der Waals surface area contributed by atoms with E-state index in [4.69, 9.17) is 27.9 Å². The van der Waals surface area contributed by atoms with E-state index < -0.39 is 0 Å². The Morgan fingerprint density at radius 2 is 2.08 bits per heavy atom. The fourth-order valence-corrected chi connectivity index (χ4v) is 3.19. The highest BCUT2D eigenvalue weighted by atomic mass is 35.5. The molecule has 1 aromatic carbocycles. The quantitative estimate of drug-likeness (QED) is 0.614. The maximum atomic E-state index is 6.25. The third-order valence-electron chi connectivity index (χ3n) is 3.95. The van der Waals surface area contributed by atoms with Crippen molar-refractivity contribution in [3.05, 3.63) is 70.3 Å². The first-order chi connectivity index (χ1) is 12.7. The van der Waals surface area contributed by atoms with Gasteiger partial charge in [0, 0.05) is 16.5 Å². The van der Waals surface area contributed by atoms with Crippen molar-refractivity contribution in [3.63, 3.8) is 0 Å². The van der Waals surface area contributed by atoms with Crippen molar-refractivity contribution in [2.75, 3.05) is 7.11 Å². The van der Waals surface area contributed by atoms with Crippen LogP contribution in [-0.4, -0.2) is 17.1 Å². The van der Waals surface area contributed by atoms with Gasteiger partial charge in [-0.15, -0.1) is 0 Å². The molecule has 0 bridgehead atoms. The summed E-state index contributed by atoms with van der Waals surface area (Å²) in [5.41, 5.74) is 1.74. The van der Waals surface area contributed by atoms with Crippen LogP contribution >= 0.6 is 23.2 Å². The molecule has 1 N–H and O–H groups in total. The van der Waals surface area contributed by atoms with Gasteiger partial charge in [-0.2, -0.15) is 0 Å². The lowest BCUT2D eigenvalue weighted by atomic mass is 10.0. The van der Waals surface area contributed by atoms with Crippen LogP contribution in [0.1, 0.15) is 32.5 Å². The van der Waals surface area contributed by atoms with E-state index in [2.05, 4.69) is 22.1 Å². The first-order valence-corrected chi connectivity index (χ1v) is 9.52. The number of aromatic amines is 1. The molecule has 0 aliphatic heterocycles. The number of nitrogens with one attached hydrogen (secondary N) is 1. The maximum Gasteiger partial charge on any atom is 0.130 e. The van der Waals surface area contributed by atoms with Crippen LogP contribution in [0.5, 0.6) is 0 Å². The molecule has 0 fully saturated rings. The van der Waals surface area contributed by atoms with Crippen LogP contribution in [0.2, 0.25) is 10.0 Å². The van der Waals surface area contributed by atoms with Gasteiger partial charge in [0.1, 0.15) is 11.6 Å². The second-order valence-electron chi connectivity index (χ2n) is 5.55. The zero-order valence-corrected chi connectivity index (χ0v) is 16.8. The van der Waals surface area contributed by atoms with E-state index in [0.29, 0.717) is 10.0 Å². The van der Waals surface area contributed by atoms with Crippen molar-refractivity contribution in [1.82, 2.24) is 9.97 Å². The largest absolute Gasteiger partial charge is 0.500 e. The van der Waals surface area contributed by atoms with Gasteiger partial charge < -0.3 is 9.72 Å². The number of hydrogen-bond donors (Lipinski definition) is 1. The van der Waals surface area contributed by atoms with Crippen molar-refractivity contribution in [1.29, 1.82) is 0 Å². The maximum absolute atomic E-state index is 6.25. The molecule has 1 aliphatic carbocycles. The Labute approximate surface area is 165 Å². The summed E-state index contributed by atoms with van der Waals surface area (Å²) in [7, 11) is 1.71. The van der Waals surface area contributed by atoms with E-state index in [1.807, 2.05) is 44.2 Å². The van der Waals surface area contributed by atoms with Crippen LogP contribution in [-0.2, 0) is 4.74 Å². The second kappa shape index (κ2) is 10.2. The summed E-state index contributed by atoms with van der Waals surface area (Å²) >= 11 is 12.2. The molecular weight excluding hydrogens is 367 g/mol. The monoisotopic (exact) mass is 390 g/mol. The summed E-state index contributed by atoms with van der Waals surface area (Å²) in [6, 6.07) is 5.42. The van der Waals surface area contributed by atoms with Crippen molar-refractivity contribution < 1.29 is 4.74 Å². The Hall–Kier alpha value is -1.97. The SMILES string of the molecule is CC.COC1=CC=CCCC1/C=C/c1ncc(-c2ccc(Cl)cc2Cl)[nH]1. The summed E-state index contributed by atoms with van der Waals surface area (Å²) in [5.74, 6) is 1.99. The normalized spacial score (nSPS) is 16.7. The number of methoxy groups -OCH3 is 1. The zero-order valence-electron chi connectivity index (χ0n) is 15.3. The third-order valence-corrected chi connectivity index (χ3v) is 4.49. The average molecular weight is 391 g/mol. The van der Waals surface area contributed by atoms with Gasteiger partial charge in [-0.25, -0.2) is 4.98 Å². The third kappa shape index (κ3) is 5.26. The molecule has 0 spiro atoms. The fraction of sp³-hybridized carbons (Fsp3) is 0.286. The number of aromatic nitrogens is 2. The summed E-state index contributed by atoms with van der Waals surface area (Å²) in [5, 5.41) is 1.21. The van der Waals surface area contributed by atoms with Gasteiger partial charge in [0.15, 0.2) is 0 Å². The predicted molar refractivity (Wildman–Crippen MR) is 111 cm³/mol. The number of nitrogens with zero attached hydrogens (tertiary/aromatic N) is 1. The number of rotatable bonds is 4. The van der Waals surface area contributed by atoms with Gasteiger partial charge in [-0.3, -0.25) is 0 Å². The molecule has 26 heavy (non-hydrogen) atoms. The standard InChI is InChI=1S/C19H18Cl2N2O.C2H6/c1-24-18-6-4-2-3-5-13(18)7-10-19-22-12-17(23-19)15-9-8-14(20)11-16(15)21;1-2/h2,4,6-13H,3,5H2,1H3,(H,22,23);1-2H3/b10-7+;. The highest BCUT2D eigenvalue weighted by molar-refractivity contribution is 6.36. The van der Waals surface area contributed by atoms with Gasteiger partial charge in [-0.1, -0.05) is 55.3 Å². The van der Waals surface area contributed by atoms with E-state index in [9.17, 15) is 0 Å². The van der Waals surface area contributed by atoms with Crippen molar-refractivity contribution in [3.8, 4) is 11.3 Å². The van der Waals surface area contributed by atoms with Crippen LogP contribution in [0.4, 0.5) is 0 Å². The number of imidazole rings is 1. The first-order valence-electron chi connectivity index (χ1n) is 8.76. The topological polar surface area (TPSA) is 37.9 Å². The lowest BCUT2D eigenvalue weighted by molar-refractivity contribution is 0.254. The minimum Gasteiger partial charge on any atom is -0.500 e. The molecule has 3 rings (SSSR count). The first kappa shape index (κ1) is 20.3. The smallest absolute Gasteiger partial charge is 0.130 e. The number of halogens is 2. The zero-order chi connectivity index (χ0) is 18.9. The Balaban J connectivity index is 0.00000117. The number of benzene rings is 1. The van der Waals surface area contributed by atoms with Gasteiger partial charge >= 0.3 is 0 Å². The van der Waals surface area contributed by atoms with Gasteiger partial charge in [-0.05, 0) is 43.2 Å². The van der Waals surface area contributed by atoms with Gasteiger partial charge in [0.25, 0.3) is 0 Å². The van der Waals surface area contributed by atoms with Crippen molar-refractivity contribution >= 4 is 29.3 Å². The molecule has 138 valence electrons. The van der Waals surface area contributed by atoms with E-state index in [0.717, 1.165) is 35.7 Å². The minimum atomic E-state index is 0.248. The van der Waals surface area contributed by atoms with E-state index in [1.165, 1.54) is 0 Å². The van der Waals surface area contributed by atoms with Gasteiger partial charge in [0.2, 0.25) is 0 Å². The van der Waals surface area contributed by atoms with Crippen molar-refractivity contribution in [2.45, 2.75) is 26.7 Å². The van der Waals surface area contributed by atoms with Crippen LogP contribution < -0.4 is 0 Å². The Kier molecular flexibility index (Phi) is 8.02. The predicted octanol–water partition coefficient (Wildman–Crippen LogP) is 6.92. The second-order valence-corrected chi connectivity index (χ2v) is 6.39. The molecule has 0 amide bonds. The summed E-state index contributed by atoms with van der Waals surface area (Å²) in [6.45, 7) is 4.00. The molecule has 2 aromatic rings. The molecule has 1 aliphatic rings. The van der Waals surface area contributed by atoms with Crippen LogP contribution in [0.3, 0.4) is 0 Å². The summed E-state index contributed by atoms with van der Waals surface area (Å²) in [6.07, 6.45) is 14.1. The highest BCUT2D eigenvalue weighted by Gasteiger charge is 2.13. The lowest BCUT2D eigenvalue weighted by Gasteiger charge is -2.13. The molecule has 1 unspecified atom stereocenters. The van der Waals surface area contributed by atoms with E-state index >= 15 is 0 Å². The Morgan fingerprint density at radius 3 is 2.81 bits per heavy atom. The number of ether oxygens (including phenoxy) is 1. The molecule has 1 aromatic heterocycles. The highest BCUT2D eigenvalue weighted by Crippen LogP contribution is 2.29. The molecular formula is C21H24Cl2N2O. The molecule has 0 saturated carbocycles. The summed E-state index contributed by atoms with van der Waals surface area (Å²) in [4.78, 5) is 7.68. The van der Waals surface area contributed by atoms with Crippen LogP contribution in [0.25, 0.3) is 17.3 Å². The van der Waals surface area contributed by atoms with E-state index in [1.54, 1.807) is 19.4 Å². The van der Waals surface area contributed by atoms with Gasteiger partial charge in [0.05, 0.1) is 24.0 Å².